The van der Waals surface area contributed by atoms with Crippen LogP contribution in [0.4, 0.5) is 0 Å². The van der Waals surface area contributed by atoms with Gasteiger partial charge in [-0.3, -0.25) is 14.6 Å². The van der Waals surface area contributed by atoms with Crippen LogP contribution in [-0.2, 0) is 0 Å². The van der Waals surface area contributed by atoms with Crippen molar-refractivity contribution in [2.75, 3.05) is 20.1 Å². The van der Waals surface area contributed by atoms with Gasteiger partial charge in [-0.25, -0.2) is 15.4 Å². The number of imidazole rings is 1. The Morgan fingerprint density at radius 1 is 1.31 bits per heavy atom. The van der Waals surface area contributed by atoms with E-state index in [0.29, 0.717) is 23.7 Å². The minimum absolute atomic E-state index is 0.0401. The largest absolute Gasteiger partial charge is 0.340 e. The Labute approximate surface area is 152 Å². The highest BCUT2D eigenvalue weighted by molar-refractivity contribution is 5.94. The summed E-state index contributed by atoms with van der Waals surface area (Å²) in [5.41, 5.74) is 9.05. The Kier molecular flexibility index (Phi) is 4.40. The van der Waals surface area contributed by atoms with E-state index in [1.54, 1.807) is 21.6 Å². The molecule has 7 nitrogen and oxygen atoms in total. The number of benzene rings is 1. The molecule has 4 rings (SSSR count). The first kappa shape index (κ1) is 16.7. The topological polar surface area (TPSA) is 74.6 Å². The second-order valence-electron chi connectivity index (χ2n) is 6.69. The van der Waals surface area contributed by atoms with Crippen molar-refractivity contribution in [1.82, 2.24) is 30.1 Å². The van der Waals surface area contributed by atoms with Gasteiger partial charge in [0.1, 0.15) is 5.69 Å². The summed E-state index contributed by atoms with van der Waals surface area (Å²) >= 11 is 0. The van der Waals surface area contributed by atoms with E-state index in [4.69, 9.17) is 0 Å². The number of rotatable bonds is 4. The van der Waals surface area contributed by atoms with Crippen LogP contribution in [0.3, 0.4) is 0 Å². The number of amides is 1. The Morgan fingerprint density at radius 3 is 2.92 bits per heavy atom. The molecule has 1 fully saturated rings. The van der Waals surface area contributed by atoms with Crippen molar-refractivity contribution in [2.45, 2.75) is 13.0 Å². The third-order valence-electron chi connectivity index (χ3n) is 4.89. The monoisotopic (exact) mass is 350 g/mol. The lowest BCUT2D eigenvalue weighted by atomic mass is 9.94. The molecule has 0 saturated carbocycles. The van der Waals surface area contributed by atoms with Crippen LogP contribution < -0.4 is 10.9 Å². The normalized spacial score (nSPS) is 19.8. The van der Waals surface area contributed by atoms with E-state index in [2.05, 4.69) is 33.0 Å². The zero-order valence-electron chi connectivity index (χ0n) is 14.9. The van der Waals surface area contributed by atoms with Gasteiger partial charge in [-0.15, -0.1) is 0 Å². The van der Waals surface area contributed by atoms with Crippen LogP contribution in [0, 0.1) is 12.8 Å². The molecule has 3 heterocycles. The lowest BCUT2D eigenvalue weighted by Crippen LogP contribution is -2.35. The standard InChI is InChI=1S/C19H22N6O/c1-13-17(25-10-6-9-20-19(25)22-13)18(26)24(2)12-15-11-21-23-16(15)14-7-4-3-5-8-14/h3-10,15-16,21,23H,11-12H2,1-2H3. The predicted octanol–water partition coefficient (Wildman–Crippen LogP) is 1.58. The van der Waals surface area contributed by atoms with Crippen molar-refractivity contribution in [3.63, 3.8) is 0 Å². The fraction of sp³-hybridized carbons (Fsp3) is 0.316. The lowest BCUT2D eigenvalue weighted by Gasteiger charge is -2.25. The van der Waals surface area contributed by atoms with Crippen LogP contribution in [-0.4, -0.2) is 45.3 Å². The van der Waals surface area contributed by atoms with Gasteiger partial charge in [0, 0.05) is 38.4 Å². The molecule has 0 bridgehead atoms. The summed E-state index contributed by atoms with van der Waals surface area (Å²) in [4.78, 5) is 23.5. The van der Waals surface area contributed by atoms with Gasteiger partial charge in [0.15, 0.2) is 0 Å². The number of carbonyl (C=O) groups is 1. The minimum atomic E-state index is -0.0401. The van der Waals surface area contributed by atoms with Crippen LogP contribution in [0.15, 0.2) is 48.8 Å². The van der Waals surface area contributed by atoms with Crippen LogP contribution in [0.2, 0.25) is 0 Å². The molecule has 3 aromatic rings. The Bertz CT molecular complexity index is 922. The Morgan fingerprint density at radius 2 is 2.12 bits per heavy atom. The molecule has 134 valence electrons. The summed E-state index contributed by atoms with van der Waals surface area (Å²) in [5, 5.41) is 0. The molecule has 1 amide bonds. The van der Waals surface area contributed by atoms with Crippen LogP contribution in [0.1, 0.15) is 27.8 Å². The van der Waals surface area contributed by atoms with Crippen molar-refractivity contribution in [2.24, 2.45) is 5.92 Å². The highest BCUT2D eigenvalue weighted by atomic mass is 16.2. The summed E-state index contributed by atoms with van der Waals surface area (Å²) in [6, 6.07) is 12.3. The number of fused-ring (bicyclic) bond motifs is 1. The minimum Gasteiger partial charge on any atom is -0.340 e. The fourth-order valence-electron chi connectivity index (χ4n) is 3.59. The van der Waals surface area contributed by atoms with Crippen molar-refractivity contribution in [3.05, 3.63) is 65.7 Å². The molecule has 0 spiro atoms. The maximum Gasteiger partial charge on any atom is 0.272 e. The average molecular weight is 350 g/mol. The van der Waals surface area contributed by atoms with Crippen LogP contribution >= 0.6 is 0 Å². The number of nitrogens with zero attached hydrogens (tertiary/aromatic N) is 4. The van der Waals surface area contributed by atoms with E-state index >= 15 is 0 Å². The third-order valence-corrected chi connectivity index (χ3v) is 4.89. The molecule has 0 aliphatic carbocycles. The first-order valence-electron chi connectivity index (χ1n) is 8.73. The van der Waals surface area contributed by atoms with Crippen LogP contribution in [0.25, 0.3) is 5.78 Å². The van der Waals surface area contributed by atoms with E-state index in [-0.39, 0.29) is 17.9 Å². The van der Waals surface area contributed by atoms with Gasteiger partial charge < -0.3 is 4.90 Å². The third kappa shape index (κ3) is 2.95. The number of hydrazine groups is 1. The quantitative estimate of drug-likeness (QED) is 0.747. The van der Waals surface area contributed by atoms with Crippen molar-refractivity contribution in [1.29, 1.82) is 0 Å². The van der Waals surface area contributed by atoms with Gasteiger partial charge >= 0.3 is 0 Å². The molecule has 0 radical (unpaired) electrons. The zero-order valence-corrected chi connectivity index (χ0v) is 14.9. The molecule has 2 unspecified atom stereocenters. The van der Waals surface area contributed by atoms with Gasteiger partial charge in [-0.1, -0.05) is 30.3 Å². The first-order valence-corrected chi connectivity index (χ1v) is 8.73. The molecular formula is C19H22N6O. The van der Waals surface area contributed by atoms with Crippen molar-refractivity contribution in [3.8, 4) is 0 Å². The maximum atomic E-state index is 13.1. The molecule has 1 aliphatic rings. The molecular weight excluding hydrogens is 328 g/mol. The highest BCUT2D eigenvalue weighted by Gasteiger charge is 2.31. The summed E-state index contributed by atoms with van der Waals surface area (Å²) in [6.45, 7) is 3.30. The molecule has 2 aromatic heterocycles. The molecule has 2 N–H and O–H groups in total. The van der Waals surface area contributed by atoms with Crippen molar-refractivity contribution >= 4 is 11.7 Å². The summed E-state index contributed by atoms with van der Waals surface area (Å²) in [5.74, 6) is 0.791. The molecule has 2 atom stereocenters. The van der Waals surface area contributed by atoms with Gasteiger partial charge in [0.25, 0.3) is 5.91 Å². The predicted molar refractivity (Wildman–Crippen MR) is 98.5 cm³/mol. The molecule has 7 heteroatoms. The average Bonchev–Trinajstić information content (AvgIpc) is 3.25. The van der Waals surface area contributed by atoms with Gasteiger partial charge in [0.2, 0.25) is 5.78 Å². The second kappa shape index (κ2) is 6.86. The Balaban J connectivity index is 1.55. The number of hydrogen-bond acceptors (Lipinski definition) is 5. The van der Waals surface area contributed by atoms with E-state index < -0.39 is 0 Å². The molecule has 26 heavy (non-hydrogen) atoms. The maximum absolute atomic E-state index is 13.1. The lowest BCUT2D eigenvalue weighted by molar-refractivity contribution is 0.0763. The van der Waals surface area contributed by atoms with Gasteiger partial charge in [-0.2, -0.15) is 0 Å². The second-order valence-corrected chi connectivity index (χ2v) is 6.69. The molecule has 1 saturated heterocycles. The summed E-state index contributed by atoms with van der Waals surface area (Å²) < 4.78 is 1.76. The molecule has 1 aliphatic heterocycles. The summed E-state index contributed by atoms with van der Waals surface area (Å²) in [7, 11) is 1.85. The highest BCUT2D eigenvalue weighted by Crippen LogP contribution is 2.25. The summed E-state index contributed by atoms with van der Waals surface area (Å²) in [6.07, 6.45) is 3.51. The molecule has 1 aromatic carbocycles. The van der Waals surface area contributed by atoms with E-state index in [1.165, 1.54) is 5.56 Å². The van der Waals surface area contributed by atoms with E-state index in [0.717, 1.165) is 6.54 Å². The number of aromatic nitrogens is 3. The van der Waals surface area contributed by atoms with Crippen LogP contribution in [0.5, 0.6) is 0 Å². The van der Waals surface area contributed by atoms with Gasteiger partial charge in [0.05, 0.1) is 11.7 Å². The van der Waals surface area contributed by atoms with E-state index in [1.807, 2.05) is 38.4 Å². The zero-order chi connectivity index (χ0) is 18.1. The number of nitrogens with one attached hydrogen (secondary N) is 2. The fourth-order valence-corrected chi connectivity index (χ4v) is 3.59. The Hall–Kier alpha value is -2.77. The van der Waals surface area contributed by atoms with Crippen molar-refractivity contribution < 1.29 is 4.79 Å². The van der Waals surface area contributed by atoms with Gasteiger partial charge in [-0.05, 0) is 18.6 Å². The smallest absolute Gasteiger partial charge is 0.272 e. The number of carbonyl (C=O) groups excluding carboxylic acids is 1. The SMILES string of the molecule is Cc1nc2ncccn2c1C(=O)N(C)CC1CNNC1c1ccccc1. The number of hydrogen-bond donors (Lipinski definition) is 2. The first-order chi connectivity index (χ1) is 12.6. The number of aryl methyl sites for hydroxylation is 1. The van der Waals surface area contributed by atoms with E-state index in [9.17, 15) is 4.79 Å².